The second-order valence-electron chi connectivity index (χ2n) is 10.9. The molecule has 0 unspecified atom stereocenters. The lowest BCUT2D eigenvalue weighted by Gasteiger charge is -2.26. The third-order valence-electron chi connectivity index (χ3n) is 5.96. The Morgan fingerprint density at radius 1 is 0.645 bits per heavy atom. The SMILES string of the molecule is CC(C)c1cc(-c2cc(C(C)(C)C)cc(-c3ccccc3)c2O)c(O)c(C(C)(C)C)c1. The van der Waals surface area contributed by atoms with Crippen LogP contribution in [-0.2, 0) is 10.8 Å². The molecule has 0 amide bonds. The van der Waals surface area contributed by atoms with Crippen molar-refractivity contribution in [3.05, 3.63) is 71.3 Å². The van der Waals surface area contributed by atoms with Crippen molar-refractivity contribution in [1.29, 1.82) is 0 Å². The van der Waals surface area contributed by atoms with Gasteiger partial charge in [0.15, 0.2) is 0 Å². The standard InChI is InChI=1S/C29H36O2/c1-18(2)20-14-23(27(31)25(15-20)29(6,7)8)24-17-21(28(3,4)5)16-22(26(24)30)19-12-10-9-11-13-19/h9-18,30-31H,1-8H3. The van der Waals surface area contributed by atoms with Gasteiger partial charge >= 0.3 is 0 Å². The highest BCUT2D eigenvalue weighted by molar-refractivity contribution is 5.86. The van der Waals surface area contributed by atoms with Gasteiger partial charge < -0.3 is 10.2 Å². The first-order valence-corrected chi connectivity index (χ1v) is 11.1. The summed E-state index contributed by atoms with van der Waals surface area (Å²) >= 11 is 0. The predicted octanol–water partition coefficient (Wildman–Crippen LogP) is 8.15. The molecule has 0 aromatic heterocycles. The molecule has 0 heterocycles. The van der Waals surface area contributed by atoms with E-state index in [0.29, 0.717) is 17.0 Å². The minimum Gasteiger partial charge on any atom is -0.507 e. The van der Waals surface area contributed by atoms with E-state index in [1.54, 1.807) is 0 Å². The highest BCUT2D eigenvalue weighted by Crippen LogP contribution is 2.47. The molecule has 0 aliphatic rings. The van der Waals surface area contributed by atoms with Crippen molar-refractivity contribution in [2.45, 2.75) is 72.1 Å². The van der Waals surface area contributed by atoms with Crippen LogP contribution < -0.4 is 0 Å². The second kappa shape index (κ2) is 8.07. The number of hydrogen-bond acceptors (Lipinski definition) is 2. The highest BCUT2D eigenvalue weighted by Gasteiger charge is 2.26. The molecule has 2 nitrogen and oxygen atoms in total. The van der Waals surface area contributed by atoms with Gasteiger partial charge in [-0.05, 0) is 51.6 Å². The Morgan fingerprint density at radius 2 is 1.19 bits per heavy atom. The summed E-state index contributed by atoms with van der Waals surface area (Å²) < 4.78 is 0. The summed E-state index contributed by atoms with van der Waals surface area (Å²) in [5.41, 5.74) is 5.96. The Labute approximate surface area is 187 Å². The largest absolute Gasteiger partial charge is 0.507 e. The third kappa shape index (κ3) is 4.63. The van der Waals surface area contributed by atoms with Crippen LogP contribution in [0.3, 0.4) is 0 Å². The molecule has 2 N–H and O–H groups in total. The van der Waals surface area contributed by atoms with Gasteiger partial charge in [-0.15, -0.1) is 0 Å². The van der Waals surface area contributed by atoms with E-state index < -0.39 is 0 Å². The van der Waals surface area contributed by atoms with E-state index in [-0.39, 0.29) is 22.3 Å². The van der Waals surface area contributed by atoms with Crippen molar-refractivity contribution in [2.75, 3.05) is 0 Å². The maximum Gasteiger partial charge on any atom is 0.131 e. The van der Waals surface area contributed by atoms with E-state index in [1.807, 2.05) is 42.5 Å². The van der Waals surface area contributed by atoms with Crippen LogP contribution in [0.5, 0.6) is 11.5 Å². The topological polar surface area (TPSA) is 40.5 Å². The number of aromatic hydroxyl groups is 2. The maximum absolute atomic E-state index is 11.4. The van der Waals surface area contributed by atoms with E-state index >= 15 is 0 Å². The molecule has 0 aliphatic carbocycles. The third-order valence-corrected chi connectivity index (χ3v) is 5.96. The molecule has 3 rings (SSSR count). The molecule has 0 aliphatic heterocycles. The molecule has 0 saturated carbocycles. The highest BCUT2D eigenvalue weighted by atomic mass is 16.3. The lowest BCUT2D eigenvalue weighted by atomic mass is 9.79. The number of benzene rings is 3. The number of phenolic OH excluding ortho intramolecular Hbond substituents is 2. The van der Waals surface area contributed by atoms with E-state index in [1.165, 1.54) is 0 Å². The number of rotatable bonds is 3. The van der Waals surface area contributed by atoms with Crippen LogP contribution >= 0.6 is 0 Å². The lowest BCUT2D eigenvalue weighted by Crippen LogP contribution is -2.13. The van der Waals surface area contributed by atoms with Gasteiger partial charge in [-0.1, -0.05) is 91.8 Å². The first kappa shape index (κ1) is 22.9. The van der Waals surface area contributed by atoms with Crippen LogP contribution in [0.2, 0.25) is 0 Å². The predicted molar refractivity (Wildman–Crippen MR) is 132 cm³/mol. The van der Waals surface area contributed by atoms with Gasteiger partial charge in [0, 0.05) is 22.3 Å². The van der Waals surface area contributed by atoms with Gasteiger partial charge in [-0.25, -0.2) is 0 Å². The monoisotopic (exact) mass is 416 g/mol. The summed E-state index contributed by atoms with van der Waals surface area (Å²) in [6.07, 6.45) is 0. The zero-order chi connectivity index (χ0) is 23.1. The summed E-state index contributed by atoms with van der Waals surface area (Å²) in [5, 5.41) is 22.8. The van der Waals surface area contributed by atoms with Crippen LogP contribution in [0, 0.1) is 0 Å². The minimum atomic E-state index is -0.219. The molecular formula is C29H36O2. The fourth-order valence-corrected chi connectivity index (χ4v) is 3.88. The van der Waals surface area contributed by atoms with Gasteiger partial charge in [-0.2, -0.15) is 0 Å². The van der Waals surface area contributed by atoms with Crippen LogP contribution in [0.25, 0.3) is 22.3 Å². The van der Waals surface area contributed by atoms with Gasteiger partial charge in [0.1, 0.15) is 11.5 Å². The fourth-order valence-electron chi connectivity index (χ4n) is 3.88. The summed E-state index contributed by atoms with van der Waals surface area (Å²) in [4.78, 5) is 0. The molecule has 164 valence electrons. The number of phenols is 2. The Kier molecular flexibility index (Phi) is 5.97. The molecule has 0 bridgehead atoms. The summed E-state index contributed by atoms with van der Waals surface area (Å²) in [7, 11) is 0. The Morgan fingerprint density at radius 3 is 1.71 bits per heavy atom. The Balaban J connectivity index is 2.41. The summed E-state index contributed by atoms with van der Waals surface area (Å²) in [6, 6.07) is 18.2. The average Bonchev–Trinajstić information content (AvgIpc) is 2.67. The normalized spacial score (nSPS) is 12.4. The molecule has 0 fully saturated rings. The number of hydrogen-bond donors (Lipinski definition) is 2. The van der Waals surface area contributed by atoms with Crippen LogP contribution in [0.15, 0.2) is 54.6 Å². The summed E-state index contributed by atoms with van der Waals surface area (Å²) in [6.45, 7) is 17.1. The van der Waals surface area contributed by atoms with Crippen molar-refractivity contribution in [3.8, 4) is 33.8 Å². The zero-order valence-electron chi connectivity index (χ0n) is 20.2. The van der Waals surface area contributed by atoms with Gasteiger partial charge in [0.25, 0.3) is 0 Å². The second-order valence-corrected chi connectivity index (χ2v) is 10.9. The molecule has 31 heavy (non-hydrogen) atoms. The van der Waals surface area contributed by atoms with E-state index in [4.69, 9.17) is 0 Å². The molecule has 0 saturated heterocycles. The van der Waals surface area contributed by atoms with Crippen molar-refractivity contribution < 1.29 is 10.2 Å². The molecular weight excluding hydrogens is 380 g/mol. The Hall–Kier alpha value is -2.74. The van der Waals surface area contributed by atoms with E-state index in [0.717, 1.165) is 27.8 Å². The van der Waals surface area contributed by atoms with Crippen LogP contribution in [0.4, 0.5) is 0 Å². The van der Waals surface area contributed by atoms with Crippen LogP contribution in [0.1, 0.15) is 78.0 Å². The van der Waals surface area contributed by atoms with Crippen LogP contribution in [-0.4, -0.2) is 10.2 Å². The molecule has 2 heteroatoms. The smallest absolute Gasteiger partial charge is 0.131 e. The molecule has 0 atom stereocenters. The molecule has 0 radical (unpaired) electrons. The van der Waals surface area contributed by atoms with Crippen molar-refractivity contribution in [2.24, 2.45) is 0 Å². The van der Waals surface area contributed by atoms with Gasteiger partial charge in [-0.3, -0.25) is 0 Å². The van der Waals surface area contributed by atoms with Gasteiger partial charge in [0.05, 0.1) is 0 Å². The first-order chi connectivity index (χ1) is 14.3. The van der Waals surface area contributed by atoms with Crippen molar-refractivity contribution in [3.63, 3.8) is 0 Å². The van der Waals surface area contributed by atoms with Crippen molar-refractivity contribution >= 4 is 0 Å². The van der Waals surface area contributed by atoms with E-state index in [2.05, 4.69) is 67.5 Å². The molecule has 3 aromatic rings. The van der Waals surface area contributed by atoms with Crippen molar-refractivity contribution in [1.82, 2.24) is 0 Å². The first-order valence-electron chi connectivity index (χ1n) is 11.1. The minimum absolute atomic E-state index is 0.107. The molecule has 3 aromatic carbocycles. The average molecular weight is 417 g/mol. The quantitative estimate of drug-likeness (QED) is 0.452. The molecule has 0 spiro atoms. The maximum atomic E-state index is 11.4. The van der Waals surface area contributed by atoms with Gasteiger partial charge in [0.2, 0.25) is 0 Å². The summed E-state index contributed by atoms with van der Waals surface area (Å²) in [5.74, 6) is 0.759. The van der Waals surface area contributed by atoms with E-state index in [9.17, 15) is 10.2 Å². The fraction of sp³-hybridized carbons (Fsp3) is 0.379. The lowest BCUT2D eigenvalue weighted by molar-refractivity contribution is 0.446. The zero-order valence-corrected chi connectivity index (χ0v) is 20.2. The Bertz CT molecular complexity index is 1080.